The zero-order valence-electron chi connectivity index (χ0n) is 17.6. The van der Waals surface area contributed by atoms with Crippen LogP contribution in [0.4, 0.5) is 0 Å². The number of nitrogens with zero attached hydrogens (tertiary/aromatic N) is 2. The summed E-state index contributed by atoms with van der Waals surface area (Å²) in [6, 6.07) is 7.91. The van der Waals surface area contributed by atoms with Gasteiger partial charge in [-0.3, -0.25) is 14.2 Å². The highest BCUT2D eigenvalue weighted by Gasteiger charge is 2.19. The molecule has 1 atom stereocenters. The van der Waals surface area contributed by atoms with Crippen molar-refractivity contribution in [2.75, 3.05) is 32.1 Å². The third-order valence-corrected chi connectivity index (χ3v) is 7.33. The number of carbonyl (C=O) groups excluding carboxylic acids is 1. The van der Waals surface area contributed by atoms with Crippen LogP contribution >= 0.6 is 23.1 Å². The molecule has 1 aromatic carbocycles. The summed E-state index contributed by atoms with van der Waals surface area (Å²) in [5.41, 5.74) is 0.666. The third-order valence-electron chi connectivity index (χ3n) is 5.20. The molecule has 0 saturated carbocycles. The topological polar surface area (TPSA) is 82.4 Å². The predicted molar refractivity (Wildman–Crippen MR) is 125 cm³/mol. The van der Waals surface area contributed by atoms with E-state index < -0.39 is 0 Å². The molecule has 166 valence electrons. The maximum atomic E-state index is 13.3. The zero-order chi connectivity index (χ0) is 21.6. The average Bonchev–Trinajstić information content (AvgIpc) is 3.43. The molecule has 3 heterocycles. The summed E-state index contributed by atoms with van der Waals surface area (Å²) in [5.74, 6) is 0.129. The summed E-state index contributed by atoms with van der Waals surface area (Å²) in [7, 11) is 0. The van der Waals surface area contributed by atoms with Gasteiger partial charge < -0.3 is 14.8 Å². The number of hydrogen-bond donors (Lipinski definition) is 1. The van der Waals surface area contributed by atoms with E-state index in [9.17, 15) is 9.59 Å². The van der Waals surface area contributed by atoms with Crippen molar-refractivity contribution < 1.29 is 14.3 Å². The summed E-state index contributed by atoms with van der Waals surface area (Å²) < 4.78 is 14.4. The molecule has 0 spiro atoms. The Labute approximate surface area is 189 Å². The number of rotatable bonds is 10. The number of nitrogens with one attached hydrogen (secondary N) is 1. The number of hydrogen-bond acceptors (Lipinski definition) is 7. The van der Waals surface area contributed by atoms with Gasteiger partial charge in [-0.15, -0.1) is 11.3 Å². The lowest BCUT2D eigenvalue weighted by atomic mass is 10.2. The van der Waals surface area contributed by atoms with E-state index >= 15 is 0 Å². The van der Waals surface area contributed by atoms with Crippen molar-refractivity contribution >= 4 is 49.3 Å². The number of fused-ring (bicyclic) bond motifs is 3. The molecule has 1 aliphatic heterocycles. The Bertz CT molecular complexity index is 1110. The SMILES string of the molecule is CCOCCCn1c(SCC(=O)NCC2CCCO2)nc2c(sc3ccccc32)c1=O. The molecule has 7 nitrogen and oxygen atoms in total. The van der Waals surface area contributed by atoms with Gasteiger partial charge in [0.05, 0.1) is 17.4 Å². The maximum absolute atomic E-state index is 13.3. The predicted octanol–water partition coefficient (Wildman–Crippen LogP) is 3.43. The van der Waals surface area contributed by atoms with E-state index in [2.05, 4.69) is 5.32 Å². The van der Waals surface area contributed by atoms with E-state index in [0.29, 0.717) is 48.1 Å². The Balaban J connectivity index is 1.55. The van der Waals surface area contributed by atoms with E-state index in [1.807, 2.05) is 31.2 Å². The van der Waals surface area contributed by atoms with Crippen molar-refractivity contribution in [3.8, 4) is 0 Å². The fourth-order valence-electron chi connectivity index (χ4n) is 3.64. The van der Waals surface area contributed by atoms with Gasteiger partial charge in [-0.25, -0.2) is 4.98 Å². The Hall–Kier alpha value is -1.94. The maximum Gasteiger partial charge on any atom is 0.272 e. The van der Waals surface area contributed by atoms with Crippen molar-refractivity contribution in [1.29, 1.82) is 0 Å². The first-order chi connectivity index (χ1) is 15.2. The number of aromatic nitrogens is 2. The molecule has 1 saturated heterocycles. The van der Waals surface area contributed by atoms with Crippen LogP contribution in [0.15, 0.2) is 34.2 Å². The third kappa shape index (κ3) is 5.28. The fourth-order valence-corrected chi connectivity index (χ4v) is 5.58. The number of thioether (sulfide) groups is 1. The van der Waals surface area contributed by atoms with Gasteiger partial charge >= 0.3 is 0 Å². The highest BCUT2D eigenvalue weighted by atomic mass is 32.2. The molecular weight excluding hydrogens is 434 g/mol. The van der Waals surface area contributed by atoms with Gasteiger partial charge in [0.25, 0.3) is 5.56 Å². The second kappa shape index (κ2) is 10.6. The lowest BCUT2D eigenvalue weighted by Crippen LogP contribution is -2.33. The molecule has 0 bridgehead atoms. The summed E-state index contributed by atoms with van der Waals surface area (Å²) in [5, 5.41) is 4.48. The van der Waals surface area contributed by atoms with Crippen LogP contribution in [0.2, 0.25) is 0 Å². The van der Waals surface area contributed by atoms with E-state index in [-0.39, 0.29) is 23.3 Å². The molecule has 31 heavy (non-hydrogen) atoms. The molecule has 0 aliphatic carbocycles. The van der Waals surface area contributed by atoms with Gasteiger partial charge in [0.2, 0.25) is 5.91 Å². The number of thiophene rings is 1. The number of ether oxygens (including phenoxy) is 2. The largest absolute Gasteiger partial charge is 0.382 e. The minimum atomic E-state index is -0.0779. The molecular formula is C22H27N3O4S2. The number of carbonyl (C=O) groups is 1. The van der Waals surface area contributed by atoms with Crippen molar-refractivity contribution in [3.63, 3.8) is 0 Å². The summed E-state index contributed by atoms with van der Waals surface area (Å²) >= 11 is 2.78. The van der Waals surface area contributed by atoms with Crippen LogP contribution in [0.1, 0.15) is 26.2 Å². The molecule has 0 radical (unpaired) electrons. The van der Waals surface area contributed by atoms with E-state index in [1.54, 1.807) is 4.57 Å². The Morgan fingerprint density at radius 2 is 2.29 bits per heavy atom. The second-order valence-corrected chi connectivity index (χ2v) is 9.40. The Kier molecular flexibility index (Phi) is 7.60. The van der Waals surface area contributed by atoms with Crippen molar-refractivity contribution in [1.82, 2.24) is 14.9 Å². The van der Waals surface area contributed by atoms with E-state index in [1.165, 1.54) is 23.1 Å². The lowest BCUT2D eigenvalue weighted by Gasteiger charge is -2.13. The van der Waals surface area contributed by atoms with Crippen molar-refractivity contribution in [2.45, 2.75) is 44.0 Å². The van der Waals surface area contributed by atoms with Gasteiger partial charge in [-0.1, -0.05) is 30.0 Å². The monoisotopic (exact) mass is 461 g/mol. The first kappa shape index (κ1) is 22.3. The minimum absolute atomic E-state index is 0.0510. The first-order valence-electron chi connectivity index (χ1n) is 10.7. The highest BCUT2D eigenvalue weighted by Crippen LogP contribution is 2.31. The van der Waals surface area contributed by atoms with Gasteiger partial charge in [0.15, 0.2) is 5.16 Å². The Morgan fingerprint density at radius 3 is 3.10 bits per heavy atom. The van der Waals surface area contributed by atoms with Crippen LogP contribution in [0.5, 0.6) is 0 Å². The van der Waals surface area contributed by atoms with Crippen molar-refractivity contribution in [2.24, 2.45) is 0 Å². The zero-order valence-corrected chi connectivity index (χ0v) is 19.2. The van der Waals surface area contributed by atoms with Crippen LogP contribution in [0.3, 0.4) is 0 Å². The van der Waals surface area contributed by atoms with Gasteiger partial charge in [-0.2, -0.15) is 0 Å². The molecule has 1 fully saturated rings. The fraction of sp³-hybridized carbons (Fsp3) is 0.500. The summed E-state index contributed by atoms with van der Waals surface area (Å²) in [6.45, 7) is 4.99. The second-order valence-electron chi connectivity index (χ2n) is 7.41. The van der Waals surface area contributed by atoms with E-state index in [4.69, 9.17) is 14.5 Å². The molecule has 9 heteroatoms. The first-order valence-corrected chi connectivity index (χ1v) is 12.5. The standard InChI is InChI=1S/C22H27N3O4S2/c1-2-28-11-6-10-25-21(27)20-19(16-8-3-4-9-17(16)31-20)24-22(25)30-14-18(26)23-13-15-7-5-12-29-15/h3-4,8-9,15H,2,5-7,10-14H2,1H3,(H,23,26). The average molecular weight is 462 g/mol. The molecule has 4 rings (SSSR count). The van der Waals surface area contributed by atoms with Crippen molar-refractivity contribution in [3.05, 3.63) is 34.6 Å². The number of benzene rings is 1. The molecule has 3 aromatic rings. The van der Waals surface area contributed by atoms with Gasteiger partial charge in [0.1, 0.15) is 4.70 Å². The lowest BCUT2D eigenvalue weighted by molar-refractivity contribution is -0.119. The molecule has 1 aliphatic rings. The quantitative estimate of drug-likeness (QED) is 0.283. The van der Waals surface area contributed by atoms with Gasteiger partial charge in [-0.05, 0) is 32.3 Å². The summed E-state index contributed by atoms with van der Waals surface area (Å²) in [4.78, 5) is 30.5. The van der Waals surface area contributed by atoms with Crippen LogP contribution in [0, 0.1) is 0 Å². The Morgan fingerprint density at radius 1 is 1.42 bits per heavy atom. The molecule has 1 unspecified atom stereocenters. The normalized spacial score (nSPS) is 16.4. The van der Waals surface area contributed by atoms with Gasteiger partial charge in [0, 0.05) is 43.0 Å². The van der Waals surface area contributed by atoms with Crippen LogP contribution in [0.25, 0.3) is 20.3 Å². The van der Waals surface area contributed by atoms with Crippen LogP contribution in [-0.2, 0) is 20.8 Å². The minimum Gasteiger partial charge on any atom is -0.382 e. The summed E-state index contributed by atoms with van der Waals surface area (Å²) in [6.07, 6.45) is 2.85. The van der Waals surface area contributed by atoms with E-state index in [0.717, 1.165) is 29.5 Å². The smallest absolute Gasteiger partial charge is 0.272 e. The van der Waals surface area contributed by atoms with Crippen LogP contribution < -0.4 is 10.9 Å². The molecule has 2 aromatic heterocycles. The number of amides is 1. The molecule has 1 N–H and O–H groups in total. The highest BCUT2D eigenvalue weighted by molar-refractivity contribution is 7.99. The molecule has 1 amide bonds. The van der Waals surface area contributed by atoms with Crippen LogP contribution in [-0.4, -0.2) is 53.7 Å².